The number of β-lactam (4-membered cyclic amide) rings is 1. The van der Waals surface area contributed by atoms with Crippen molar-refractivity contribution in [3.63, 3.8) is 0 Å². The van der Waals surface area contributed by atoms with E-state index >= 15 is 0 Å². The van der Waals surface area contributed by atoms with Gasteiger partial charge >= 0.3 is 12.1 Å². The van der Waals surface area contributed by atoms with Gasteiger partial charge in [0.15, 0.2) is 22.3 Å². The number of primary amides is 1. The highest BCUT2D eigenvalue weighted by Crippen LogP contribution is 2.41. The van der Waals surface area contributed by atoms with Gasteiger partial charge in [-0.2, -0.15) is 0 Å². The number of hydrazine groups is 2. The molecule has 2 aromatic rings. The van der Waals surface area contributed by atoms with Crippen molar-refractivity contribution in [2.24, 2.45) is 16.8 Å². The summed E-state index contributed by atoms with van der Waals surface area (Å²) in [5.41, 5.74) is 12.1. The van der Waals surface area contributed by atoms with E-state index in [1.54, 1.807) is 0 Å². The molecule has 2 atom stereocenters. The number of amides is 5. The van der Waals surface area contributed by atoms with Crippen LogP contribution in [-0.4, -0.2) is 95.1 Å². The summed E-state index contributed by atoms with van der Waals surface area (Å²) in [6.45, 7) is 1.90. The summed E-state index contributed by atoms with van der Waals surface area (Å²) in [7, 11) is 0. The Hall–Kier alpha value is -5.57. The number of carboxylic acid groups (broad SMARTS) is 1. The van der Waals surface area contributed by atoms with E-state index in [2.05, 4.69) is 15.6 Å². The number of benzene rings is 1. The second-order valence-electron chi connectivity index (χ2n) is 9.91. The lowest BCUT2D eigenvalue weighted by Crippen LogP contribution is -2.63. The lowest BCUT2D eigenvalue weighted by Gasteiger charge is -2.47. The number of nitrogens with one attached hydrogen (secondary N) is 2. The standard InChI is InChI=1S/C25H26N8O11S2/c1-25(2,44-31-16(17(26)36)12-9-46-23(27)28-12)22(41)29-33(18(37)10-3-4-14(34)15(35)7-10)30-24(42)43-8-11-19(38)32-13(21(39)40)5-6-45-20(11)32/h3-5,7,9,11,20,34-35H,6,8H2,1-2H3,(H2,26,36)(H2,27,28)(H,29,41)(H,30,42)(H,39,40)/t11?,20-/m0/s1. The van der Waals surface area contributed by atoms with Gasteiger partial charge in [-0.1, -0.05) is 5.16 Å². The van der Waals surface area contributed by atoms with Gasteiger partial charge in [-0.3, -0.25) is 24.1 Å². The molecular weight excluding hydrogens is 652 g/mol. The molecule has 46 heavy (non-hydrogen) atoms. The minimum Gasteiger partial charge on any atom is -0.504 e. The Morgan fingerprint density at radius 3 is 2.52 bits per heavy atom. The molecule has 0 saturated carbocycles. The molecule has 5 amide bonds. The van der Waals surface area contributed by atoms with Crippen molar-refractivity contribution in [3.8, 4) is 11.5 Å². The number of hydrogen-bond donors (Lipinski definition) is 7. The minimum absolute atomic E-state index is 0.0190. The number of ether oxygens (including phenoxy) is 1. The zero-order valence-electron chi connectivity index (χ0n) is 23.8. The number of phenolic OH excluding ortho intramolecular Hbond substituents is 2. The monoisotopic (exact) mass is 678 g/mol. The third kappa shape index (κ3) is 7.04. The van der Waals surface area contributed by atoms with E-state index in [0.29, 0.717) is 5.75 Å². The molecule has 21 heteroatoms. The molecule has 0 bridgehead atoms. The number of phenols is 2. The van der Waals surface area contributed by atoms with Crippen molar-refractivity contribution in [3.05, 3.63) is 46.6 Å². The first-order valence-corrected chi connectivity index (χ1v) is 14.8. The van der Waals surface area contributed by atoms with Gasteiger partial charge in [-0.25, -0.2) is 25.4 Å². The second-order valence-corrected chi connectivity index (χ2v) is 11.9. The fourth-order valence-electron chi connectivity index (χ4n) is 3.89. The Balaban J connectivity index is 1.48. The van der Waals surface area contributed by atoms with Gasteiger partial charge in [0.1, 0.15) is 23.9 Å². The topological polar surface area (TPSA) is 289 Å². The molecule has 2 aliphatic heterocycles. The molecule has 0 spiro atoms. The normalized spacial score (nSPS) is 17.5. The molecule has 19 nitrogen and oxygen atoms in total. The number of thiazole rings is 1. The van der Waals surface area contributed by atoms with Crippen LogP contribution in [0.2, 0.25) is 0 Å². The average Bonchev–Trinajstić information content (AvgIpc) is 3.42. The van der Waals surface area contributed by atoms with Gasteiger partial charge in [0.2, 0.25) is 11.5 Å². The highest BCUT2D eigenvalue weighted by Gasteiger charge is 2.52. The van der Waals surface area contributed by atoms with Crippen molar-refractivity contribution < 1.29 is 53.7 Å². The van der Waals surface area contributed by atoms with Crippen LogP contribution in [0.3, 0.4) is 0 Å². The Labute approximate surface area is 266 Å². The first-order valence-electron chi connectivity index (χ1n) is 12.9. The van der Waals surface area contributed by atoms with Crippen LogP contribution < -0.4 is 22.3 Å². The van der Waals surface area contributed by atoms with Crippen LogP contribution in [0, 0.1) is 5.92 Å². The van der Waals surface area contributed by atoms with Gasteiger partial charge in [-0.15, -0.1) is 28.2 Å². The second kappa shape index (κ2) is 13.2. The lowest BCUT2D eigenvalue weighted by molar-refractivity contribution is -0.154. The summed E-state index contributed by atoms with van der Waals surface area (Å²) in [6.07, 6.45) is 0.0742. The number of oxime groups is 1. The molecule has 1 aromatic carbocycles. The Morgan fingerprint density at radius 2 is 1.91 bits per heavy atom. The average molecular weight is 679 g/mol. The van der Waals surface area contributed by atoms with Crippen molar-refractivity contribution in [1.82, 2.24) is 25.9 Å². The van der Waals surface area contributed by atoms with Gasteiger partial charge in [0.05, 0.1) is 5.37 Å². The molecule has 4 rings (SSSR count). The number of nitrogens with zero attached hydrogens (tertiary/aromatic N) is 4. The van der Waals surface area contributed by atoms with Crippen molar-refractivity contribution >= 4 is 69.6 Å². The third-order valence-corrected chi connectivity index (χ3v) is 8.24. The van der Waals surface area contributed by atoms with Crippen LogP contribution in [0.15, 0.2) is 40.5 Å². The van der Waals surface area contributed by atoms with E-state index in [-0.39, 0.29) is 27.2 Å². The molecule has 2 aliphatic rings. The van der Waals surface area contributed by atoms with Crippen LogP contribution in [0.25, 0.3) is 0 Å². The number of rotatable bonds is 9. The molecular formula is C25H26N8O11S2. The maximum absolute atomic E-state index is 13.3. The van der Waals surface area contributed by atoms with Crippen LogP contribution in [0.4, 0.5) is 9.93 Å². The maximum Gasteiger partial charge on any atom is 0.427 e. The number of aliphatic carboxylic acids is 1. The number of thioether (sulfide) groups is 1. The van der Waals surface area contributed by atoms with Gasteiger partial charge < -0.3 is 36.4 Å². The first kappa shape index (κ1) is 33.3. The van der Waals surface area contributed by atoms with Crippen LogP contribution in [0.1, 0.15) is 29.9 Å². The summed E-state index contributed by atoms with van der Waals surface area (Å²) in [4.78, 5) is 85.3. The predicted octanol–water partition coefficient (Wildman–Crippen LogP) is -0.564. The fraction of sp³-hybridized carbons (Fsp3) is 0.280. The molecule has 1 fully saturated rings. The number of aromatic nitrogens is 1. The maximum atomic E-state index is 13.3. The zero-order valence-corrected chi connectivity index (χ0v) is 25.5. The molecule has 1 saturated heterocycles. The largest absolute Gasteiger partial charge is 0.504 e. The first-order chi connectivity index (χ1) is 21.6. The number of nitrogens with two attached hydrogens (primary N) is 2. The van der Waals surface area contributed by atoms with Crippen molar-refractivity contribution in [2.75, 3.05) is 18.1 Å². The number of aromatic hydroxyl groups is 2. The number of hydrogen-bond acceptors (Lipinski definition) is 15. The molecule has 0 aliphatic carbocycles. The van der Waals surface area contributed by atoms with Crippen molar-refractivity contribution in [1.29, 1.82) is 0 Å². The zero-order chi connectivity index (χ0) is 33.9. The van der Waals surface area contributed by atoms with Gasteiger partial charge in [0.25, 0.3) is 17.7 Å². The Bertz CT molecular complexity index is 1670. The number of fused-ring (bicyclic) bond motifs is 1. The van der Waals surface area contributed by atoms with E-state index in [0.717, 1.165) is 34.4 Å². The quantitative estimate of drug-likeness (QED) is 0.0757. The lowest BCUT2D eigenvalue weighted by atomic mass is 9.97. The van der Waals surface area contributed by atoms with E-state index in [1.165, 1.54) is 37.1 Å². The van der Waals surface area contributed by atoms with Crippen LogP contribution >= 0.6 is 23.1 Å². The molecule has 1 unspecified atom stereocenters. The SMILES string of the molecule is CC(C)(ON=C(C(N)=O)c1csc(N)n1)C(=O)NN(NC(=O)OCC1C(=O)N2C(C(=O)O)=CCS[C@@H]12)C(=O)c1ccc(O)c(O)c1. The number of nitrogen functional groups attached to an aromatic ring is 1. The molecule has 244 valence electrons. The molecule has 1 aromatic heterocycles. The number of carbonyl (C=O) groups excluding carboxylic acids is 5. The highest BCUT2D eigenvalue weighted by atomic mass is 32.2. The Kier molecular flexibility index (Phi) is 9.56. The van der Waals surface area contributed by atoms with Crippen LogP contribution in [0.5, 0.6) is 11.5 Å². The van der Waals surface area contributed by atoms with Crippen molar-refractivity contribution in [2.45, 2.75) is 24.8 Å². The van der Waals surface area contributed by atoms with Crippen LogP contribution in [-0.2, 0) is 28.8 Å². The fourth-order valence-corrected chi connectivity index (χ4v) is 5.69. The smallest absolute Gasteiger partial charge is 0.427 e. The van der Waals surface area contributed by atoms with E-state index in [4.69, 9.17) is 21.0 Å². The summed E-state index contributed by atoms with van der Waals surface area (Å²) in [5, 5.41) is 33.6. The minimum atomic E-state index is -1.95. The summed E-state index contributed by atoms with van der Waals surface area (Å²) in [5.74, 6) is -6.98. The third-order valence-electron chi connectivity index (χ3n) is 6.32. The molecule has 9 N–H and O–H groups in total. The number of anilines is 1. The highest BCUT2D eigenvalue weighted by molar-refractivity contribution is 8.00. The molecule has 3 heterocycles. The number of carbonyl (C=O) groups is 6. The van der Waals surface area contributed by atoms with Gasteiger partial charge in [0, 0.05) is 16.7 Å². The predicted molar refractivity (Wildman–Crippen MR) is 158 cm³/mol. The summed E-state index contributed by atoms with van der Waals surface area (Å²) in [6, 6.07) is 2.91. The summed E-state index contributed by atoms with van der Waals surface area (Å²) < 4.78 is 5.11. The van der Waals surface area contributed by atoms with Gasteiger partial charge in [-0.05, 0) is 38.1 Å². The van der Waals surface area contributed by atoms with E-state index in [9.17, 15) is 44.1 Å². The van der Waals surface area contributed by atoms with E-state index < -0.39 is 76.4 Å². The molecule has 0 radical (unpaired) electrons. The summed E-state index contributed by atoms with van der Waals surface area (Å²) >= 11 is 2.25. The Morgan fingerprint density at radius 1 is 1.20 bits per heavy atom. The van der Waals surface area contributed by atoms with E-state index in [1.807, 2.05) is 5.43 Å². The number of carboxylic acids is 1.